The Morgan fingerprint density at radius 1 is 1.44 bits per heavy atom. The van der Waals surface area contributed by atoms with E-state index in [0.29, 0.717) is 19.6 Å². The fourth-order valence-electron chi connectivity index (χ4n) is 3.12. The molecule has 2 amide bonds. The second-order valence-electron chi connectivity index (χ2n) is 7.74. The maximum Gasteiger partial charge on any atom is 0.310 e. The zero-order chi connectivity index (χ0) is 18.8. The number of hydrogen-bond acceptors (Lipinski definition) is 5. The van der Waals surface area contributed by atoms with Crippen LogP contribution in [-0.2, 0) is 23.9 Å². The first-order chi connectivity index (χ1) is 11.6. The number of amides is 2. The number of cyclic esters (lactones) is 1. The van der Waals surface area contributed by atoms with E-state index in [1.165, 1.54) is 0 Å². The highest BCUT2D eigenvalue weighted by Gasteiger charge is 2.43. The van der Waals surface area contributed by atoms with Crippen LogP contribution in [0.2, 0.25) is 0 Å². The molecule has 0 radical (unpaired) electrons. The van der Waals surface area contributed by atoms with Gasteiger partial charge in [0.25, 0.3) is 5.91 Å². The number of nitrogens with one attached hydrogen (secondary N) is 1. The third kappa shape index (κ3) is 4.49. The van der Waals surface area contributed by atoms with Crippen molar-refractivity contribution in [2.24, 2.45) is 5.41 Å². The number of quaternary nitrogens is 1. The maximum absolute atomic E-state index is 12.7. The first-order valence-corrected chi connectivity index (χ1v) is 8.90. The topological polar surface area (TPSA) is 113 Å². The Labute approximate surface area is 148 Å². The monoisotopic (exact) mass is 356 g/mol. The van der Waals surface area contributed by atoms with Crippen molar-refractivity contribution < 1.29 is 29.6 Å². The Morgan fingerprint density at radius 2 is 2.12 bits per heavy atom. The quantitative estimate of drug-likeness (QED) is 0.641. The van der Waals surface area contributed by atoms with E-state index >= 15 is 0 Å². The predicted molar refractivity (Wildman–Crippen MR) is 88.9 cm³/mol. The number of carbonyl (C=O) groups excluding carboxylic acids is 3. The van der Waals surface area contributed by atoms with Gasteiger partial charge in [-0.25, -0.2) is 0 Å². The smallest absolute Gasteiger partial charge is 0.310 e. The lowest BCUT2D eigenvalue weighted by Crippen LogP contribution is -2.73. The van der Waals surface area contributed by atoms with Gasteiger partial charge in [-0.2, -0.15) is 0 Å². The molecular formula is C17H30N3O5+. The lowest BCUT2D eigenvalue weighted by atomic mass is 9.86. The summed E-state index contributed by atoms with van der Waals surface area (Å²) in [7, 11) is 0. The molecule has 2 rings (SSSR count). The number of nitrogens with zero attached hydrogens (tertiary/aromatic N) is 1. The van der Waals surface area contributed by atoms with Gasteiger partial charge >= 0.3 is 5.97 Å². The Hall–Kier alpha value is -1.67. The molecule has 142 valence electrons. The Kier molecular flexibility index (Phi) is 6.05. The summed E-state index contributed by atoms with van der Waals surface area (Å²) in [6.07, 6.45) is 0.698. The zero-order valence-electron chi connectivity index (χ0n) is 15.5. The normalized spacial score (nSPS) is 28.0. The van der Waals surface area contributed by atoms with Crippen molar-refractivity contribution in [1.29, 1.82) is 0 Å². The van der Waals surface area contributed by atoms with Crippen LogP contribution in [0.15, 0.2) is 0 Å². The van der Waals surface area contributed by atoms with Crippen LogP contribution in [0.25, 0.3) is 0 Å². The number of likely N-dealkylation sites (tertiary alicyclic amines) is 1. The summed E-state index contributed by atoms with van der Waals surface area (Å²) in [6.45, 7) is 8.61. The molecule has 0 aromatic carbocycles. The fraction of sp³-hybridized carbons (Fsp3) is 0.824. The molecule has 0 aromatic rings. The van der Waals surface area contributed by atoms with Gasteiger partial charge in [-0.3, -0.25) is 14.4 Å². The lowest BCUT2D eigenvalue weighted by Gasteiger charge is -2.31. The molecule has 0 saturated carbocycles. The van der Waals surface area contributed by atoms with Gasteiger partial charge in [-0.1, -0.05) is 20.8 Å². The van der Waals surface area contributed by atoms with Gasteiger partial charge in [0.05, 0.1) is 6.42 Å². The summed E-state index contributed by atoms with van der Waals surface area (Å²) in [5, 5.41) is 2.82. The molecule has 0 unspecified atom stereocenters. The molecule has 2 saturated heterocycles. The molecular weight excluding hydrogens is 326 g/mol. The van der Waals surface area contributed by atoms with Crippen molar-refractivity contribution in [2.45, 2.75) is 71.4 Å². The van der Waals surface area contributed by atoms with Gasteiger partial charge in [-0.05, 0) is 19.8 Å². The summed E-state index contributed by atoms with van der Waals surface area (Å²) < 4.78 is 10.4. The zero-order valence-corrected chi connectivity index (χ0v) is 15.5. The highest BCUT2D eigenvalue weighted by Crippen LogP contribution is 2.24. The molecule has 2 aliphatic heterocycles. The molecule has 2 heterocycles. The van der Waals surface area contributed by atoms with E-state index in [1.54, 1.807) is 11.8 Å². The third-order valence-corrected chi connectivity index (χ3v) is 4.80. The molecule has 8 heteroatoms. The maximum atomic E-state index is 12.7. The minimum atomic E-state index is -0.762. The van der Waals surface area contributed by atoms with E-state index in [2.05, 4.69) is 11.1 Å². The second-order valence-corrected chi connectivity index (χ2v) is 7.74. The van der Waals surface area contributed by atoms with Crippen LogP contribution in [0.4, 0.5) is 0 Å². The minimum Gasteiger partial charge on any atom is -0.433 e. The number of esters is 1. The van der Waals surface area contributed by atoms with Crippen LogP contribution in [0, 0.1) is 5.41 Å². The average molecular weight is 356 g/mol. The number of hydrogen-bond donors (Lipinski definition) is 2. The Morgan fingerprint density at radius 3 is 2.72 bits per heavy atom. The molecule has 4 N–H and O–H groups in total. The van der Waals surface area contributed by atoms with E-state index in [1.807, 2.05) is 20.8 Å². The van der Waals surface area contributed by atoms with Crippen molar-refractivity contribution in [3.8, 4) is 0 Å². The van der Waals surface area contributed by atoms with Crippen LogP contribution < -0.4 is 11.1 Å². The second kappa shape index (κ2) is 7.70. The van der Waals surface area contributed by atoms with Crippen molar-refractivity contribution >= 4 is 17.8 Å². The van der Waals surface area contributed by atoms with Gasteiger partial charge < -0.3 is 25.4 Å². The first kappa shape index (κ1) is 19.7. The molecule has 0 spiro atoms. The van der Waals surface area contributed by atoms with E-state index in [0.717, 1.165) is 6.42 Å². The molecule has 25 heavy (non-hydrogen) atoms. The summed E-state index contributed by atoms with van der Waals surface area (Å²) in [6, 6.07) is -1.47. The third-order valence-electron chi connectivity index (χ3n) is 4.80. The average Bonchev–Trinajstić information content (AvgIpc) is 3.12. The first-order valence-electron chi connectivity index (χ1n) is 8.90. The van der Waals surface area contributed by atoms with Crippen LogP contribution in [-0.4, -0.2) is 60.3 Å². The molecule has 0 aliphatic carbocycles. The van der Waals surface area contributed by atoms with E-state index in [9.17, 15) is 14.4 Å². The molecule has 0 bridgehead atoms. The fourth-order valence-corrected chi connectivity index (χ4v) is 3.12. The standard InChI is InChI=1S/C17H29N3O5/c1-5-24-16-10(9-12(21)25-16)19-14(22)11-7-6-8-20(11)15(23)13(18)17(2,3)4/h10-11,13,16H,5-9,18H2,1-4H3,(H,19,22)/p+1/t10-,11-,13+,16+/m0/s1. The highest BCUT2D eigenvalue weighted by atomic mass is 16.7. The SMILES string of the molecule is CCO[C@@H]1OC(=O)C[C@@H]1NC(=O)[C@@H]1CCCN1C(=O)[C@@H]([NH3+])C(C)(C)C. The molecule has 0 aromatic heterocycles. The number of rotatable bonds is 5. The molecule has 4 atom stereocenters. The largest absolute Gasteiger partial charge is 0.433 e. The number of carbonyl (C=O) groups is 3. The van der Waals surface area contributed by atoms with Gasteiger partial charge in [0, 0.05) is 18.6 Å². The summed E-state index contributed by atoms with van der Waals surface area (Å²) in [5.74, 6) is -0.765. The van der Waals surface area contributed by atoms with E-state index < -0.39 is 30.4 Å². The van der Waals surface area contributed by atoms with Gasteiger partial charge in [0.15, 0.2) is 6.04 Å². The van der Waals surface area contributed by atoms with Crippen molar-refractivity contribution in [1.82, 2.24) is 10.2 Å². The predicted octanol–water partition coefficient (Wildman–Crippen LogP) is -0.572. The summed E-state index contributed by atoms with van der Waals surface area (Å²) >= 11 is 0. The van der Waals surface area contributed by atoms with Crippen molar-refractivity contribution in [3.05, 3.63) is 0 Å². The van der Waals surface area contributed by atoms with Gasteiger partial charge in [0.2, 0.25) is 12.2 Å². The minimum absolute atomic E-state index is 0.0804. The molecule has 2 fully saturated rings. The van der Waals surface area contributed by atoms with Crippen LogP contribution in [0.5, 0.6) is 0 Å². The van der Waals surface area contributed by atoms with Gasteiger partial charge in [0.1, 0.15) is 12.1 Å². The number of ether oxygens (including phenoxy) is 2. The van der Waals surface area contributed by atoms with E-state index in [4.69, 9.17) is 9.47 Å². The highest BCUT2D eigenvalue weighted by molar-refractivity contribution is 5.90. The van der Waals surface area contributed by atoms with Crippen LogP contribution in [0.3, 0.4) is 0 Å². The molecule has 8 nitrogen and oxygen atoms in total. The summed E-state index contributed by atoms with van der Waals surface area (Å²) in [4.78, 5) is 38.5. The van der Waals surface area contributed by atoms with Crippen molar-refractivity contribution in [3.63, 3.8) is 0 Å². The molecule has 2 aliphatic rings. The van der Waals surface area contributed by atoms with E-state index in [-0.39, 0.29) is 23.7 Å². The summed E-state index contributed by atoms with van der Waals surface area (Å²) in [5.41, 5.74) is 3.72. The van der Waals surface area contributed by atoms with Crippen LogP contribution in [0.1, 0.15) is 47.0 Å². The van der Waals surface area contributed by atoms with Crippen LogP contribution >= 0.6 is 0 Å². The van der Waals surface area contributed by atoms with Crippen molar-refractivity contribution in [2.75, 3.05) is 13.2 Å². The lowest BCUT2D eigenvalue weighted by molar-refractivity contribution is -0.428. The Balaban J connectivity index is 2.03. The van der Waals surface area contributed by atoms with Gasteiger partial charge in [-0.15, -0.1) is 0 Å². The Bertz CT molecular complexity index is 531.